The maximum absolute atomic E-state index is 13.0. The number of carbonyl (C=O) groups excluding carboxylic acids is 2. The average molecular weight is 329 g/mol. The quantitative estimate of drug-likeness (QED) is 0.835. The van der Waals surface area contributed by atoms with Gasteiger partial charge in [-0.2, -0.15) is 0 Å². The minimum absolute atomic E-state index is 0.143. The van der Waals surface area contributed by atoms with Gasteiger partial charge in [0, 0.05) is 6.54 Å². The highest BCUT2D eigenvalue weighted by Crippen LogP contribution is 2.30. The predicted octanol–water partition coefficient (Wildman–Crippen LogP) is 2.58. The molecule has 2 aliphatic heterocycles. The first-order chi connectivity index (χ1) is 11.4. The summed E-state index contributed by atoms with van der Waals surface area (Å²) in [5.41, 5.74) is 1.10. The first kappa shape index (κ1) is 17.0. The van der Waals surface area contributed by atoms with Gasteiger partial charge in [0.05, 0.1) is 0 Å². The van der Waals surface area contributed by atoms with Crippen molar-refractivity contribution < 1.29 is 9.59 Å². The van der Waals surface area contributed by atoms with Crippen LogP contribution in [0.15, 0.2) is 24.3 Å². The molecule has 0 spiro atoms. The molecule has 0 bridgehead atoms. The fourth-order valence-electron chi connectivity index (χ4n) is 3.60. The molecule has 0 aromatic heterocycles. The number of hydrogen-bond acceptors (Lipinski definition) is 3. The van der Waals surface area contributed by atoms with Gasteiger partial charge in [-0.05, 0) is 55.8 Å². The van der Waals surface area contributed by atoms with Crippen LogP contribution in [-0.4, -0.2) is 36.5 Å². The van der Waals surface area contributed by atoms with Gasteiger partial charge in [0.15, 0.2) is 0 Å². The monoisotopic (exact) mass is 329 g/mol. The Morgan fingerprint density at radius 3 is 2.54 bits per heavy atom. The predicted molar refractivity (Wildman–Crippen MR) is 93.7 cm³/mol. The maximum atomic E-state index is 13.0. The topological polar surface area (TPSA) is 61.4 Å². The number of amides is 3. The number of urea groups is 1. The number of piperidine rings is 1. The Balaban J connectivity index is 1.78. The van der Waals surface area contributed by atoms with Gasteiger partial charge in [-0.1, -0.05) is 38.1 Å². The molecule has 130 valence electrons. The van der Waals surface area contributed by atoms with Gasteiger partial charge in [-0.3, -0.25) is 9.69 Å². The molecule has 0 radical (unpaired) electrons. The molecule has 24 heavy (non-hydrogen) atoms. The van der Waals surface area contributed by atoms with Crippen LogP contribution in [0.1, 0.15) is 50.7 Å². The summed E-state index contributed by atoms with van der Waals surface area (Å²) in [7, 11) is 0. The zero-order chi connectivity index (χ0) is 17.3. The Bertz CT molecular complexity index is 620. The average Bonchev–Trinajstić information content (AvgIpc) is 2.80. The van der Waals surface area contributed by atoms with Gasteiger partial charge in [-0.25, -0.2) is 4.79 Å². The minimum atomic E-state index is -0.964. The molecule has 3 rings (SSSR count). The van der Waals surface area contributed by atoms with Crippen molar-refractivity contribution in [3.8, 4) is 0 Å². The number of imide groups is 1. The van der Waals surface area contributed by atoms with E-state index in [1.807, 2.05) is 24.3 Å². The van der Waals surface area contributed by atoms with Crippen molar-refractivity contribution in [3.05, 3.63) is 35.4 Å². The summed E-state index contributed by atoms with van der Waals surface area (Å²) in [5, 5.41) is 6.24. The third kappa shape index (κ3) is 3.05. The van der Waals surface area contributed by atoms with E-state index in [2.05, 4.69) is 24.5 Å². The molecule has 5 heteroatoms. The molecular weight excluding hydrogens is 302 g/mol. The third-order valence-electron chi connectivity index (χ3n) is 5.27. The number of nitrogens with zero attached hydrogens (tertiary/aromatic N) is 1. The molecule has 2 saturated heterocycles. The SMILES string of the molecule is CC(C)c1ccc(C2(C)NC(=O)N(CC3CCCNC3)C2=O)cc1. The lowest BCUT2D eigenvalue weighted by atomic mass is 9.89. The van der Waals surface area contributed by atoms with Gasteiger partial charge >= 0.3 is 6.03 Å². The Morgan fingerprint density at radius 1 is 1.25 bits per heavy atom. The second-order valence-corrected chi connectivity index (χ2v) is 7.46. The van der Waals surface area contributed by atoms with Crippen LogP contribution in [0.5, 0.6) is 0 Å². The standard InChI is InChI=1S/C19H27N3O2/c1-13(2)15-6-8-16(9-7-15)19(3)17(23)22(18(24)21-19)12-14-5-4-10-20-11-14/h6-9,13-14,20H,4-5,10-12H2,1-3H3,(H,21,24). The lowest BCUT2D eigenvalue weighted by Crippen LogP contribution is -2.43. The smallest absolute Gasteiger partial charge is 0.319 e. The van der Waals surface area contributed by atoms with Crippen molar-refractivity contribution in [2.45, 2.75) is 45.1 Å². The molecule has 2 aliphatic rings. The Hall–Kier alpha value is -1.88. The van der Waals surface area contributed by atoms with E-state index in [0.717, 1.165) is 31.5 Å². The van der Waals surface area contributed by atoms with E-state index < -0.39 is 5.54 Å². The molecule has 0 saturated carbocycles. The Kier molecular flexibility index (Phi) is 4.63. The molecule has 2 atom stereocenters. The largest absolute Gasteiger partial charge is 0.325 e. The van der Waals surface area contributed by atoms with Crippen LogP contribution < -0.4 is 10.6 Å². The van der Waals surface area contributed by atoms with Crippen LogP contribution >= 0.6 is 0 Å². The first-order valence-electron chi connectivity index (χ1n) is 8.87. The summed E-state index contributed by atoms with van der Waals surface area (Å²) in [6.07, 6.45) is 2.16. The van der Waals surface area contributed by atoms with E-state index in [-0.39, 0.29) is 11.9 Å². The van der Waals surface area contributed by atoms with Crippen molar-refractivity contribution in [1.29, 1.82) is 0 Å². The van der Waals surface area contributed by atoms with Crippen molar-refractivity contribution in [1.82, 2.24) is 15.5 Å². The molecule has 2 heterocycles. The molecule has 2 fully saturated rings. The van der Waals surface area contributed by atoms with E-state index in [9.17, 15) is 9.59 Å². The summed E-state index contributed by atoms with van der Waals surface area (Å²) in [4.78, 5) is 26.7. The fraction of sp³-hybridized carbons (Fsp3) is 0.579. The highest BCUT2D eigenvalue weighted by Gasteiger charge is 2.49. The zero-order valence-corrected chi connectivity index (χ0v) is 14.8. The summed E-state index contributed by atoms with van der Waals surface area (Å²) in [6, 6.07) is 7.72. The zero-order valence-electron chi connectivity index (χ0n) is 14.8. The molecule has 2 N–H and O–H groups in total. The number of rotatable bonds is 4. The number of benzene rings is 1. The fourth-order valence-corrected chi connectivity index (χ4v) is 3.60. The van der Waals surface area contributed by atoms with E-state index in [1.165, 1.54) is 10.5 Å². The molecule has 2 unspecified atom stereocenters. The van der Waals surface area contributed by atoms with Crippen LogP contribution in [0.2, 0.25) is 0 Å². The molecule has 0 aliphatic carbocycles. The van der Waals surface area contributed by atoms with Crippen LogP contribution in [0, 0.1) is 5.92 Å². The van der Waals surface area contributed by atoms with Crippen molar-refractivity contribution in [3.63, 3.8) is 0 Å². The number of hydrogen-bond donors (Lipinski definition) is 2. The Morgan fingerprint density at radius 2 is 1.96 bits per heavy atom. The molecule has 1 aromatic carbocycles. The molecule has 3 amide bonds. The van der Waals surface area contributed by atoms with Gasteiger partial charge < -0.3 is 10.6 Å². The number of nitrogens with one attached hydrogen (secondary N) is 2. The lowest BCUT2D eigenvalue weighted by molar-refractivity contribution is -0.131. The summed E-state index contributed by atoms with van der Waals surface area (Å²) < 4.78 is 0. The van der Waals surface area contributed by atoms with Gasteiger partial charge in [-0.15, -0.1) is 0 Å². The summed E-state index contributed by atoms with van der Waals surface area (Å²) >= 11 is 0. The Labute approximate surface area is 143 Å². The highest BCUT2D eigenvalue weighted by atomic mass is 16.2. The molecular formula is C19H27N3O2. The highest BCUT2D eigenvalue weighted by molar-refractivity contribution is 6.07. The van der Waals surface area contributed by atoms with Gasteiger partial charge in [0.25, 0.3) is 5.91 Å². The second kappa shape index (κ2) is 6.55. The van der Waals surface area contributed by atoms with E-state index in [4.69, 9.17) is 0 Å². The van der Waals surface area contributed by atoms with Crippen molar-refractivity contribution in [2.24, 2.45) is 5.92 Å². The molecule has 5 nitrogen and oxygen atoms in total. The first-order valence-corrected chi connectivity index (χ1v) is 8.87. The van der Waals surface area contributed by atoms with Crippen LogP contribution in [0.3, 0.4) is 0 Å². The maximum Gasteiger partial charge on any atom is 0.325 e. The van der Waals surface area contributed by atoms with Gasteiger partial charge in [0.2, 0.25) is 0 Å². The molecule has 1 aromatic rings. The van der Waals surface area contributed by atoms with Crippen molar-refractivity contribution in [2.75, 3.05) is 19.6 Å². The van der Waals surface area contributed by atoms with E-state index in [1.54, 1.807) is 6.92 Å². The van der Waals surface area contributed by atoms with Crippen LogP contribution in [-0.2, 0) is 10.3 Å². The van der Waals surface area contributed by atoms with Gasteiger partial charge in [0.1, 0.15) is 5.54 Å². The third-order valence-corrected chi connectivity index (χ3v) is 5.27. The van der Waals surface area contributed by atoms with E-state index >= 15 is 0 Å². The second-order valence-electron chi connectivity index (χ2n) is 7.46. The van der Waals surface area contributed by atoms with Crippen LogP contribution in [0.4, 0.5) is 4.79 Å². The minimum Gasteiger partial charge on any atom is -0.319 e. The van der Waals surface area contributed by atoms with Crippen LogP contribution in [0.25, 0.3) is 0 Å². The van der Waals surface area contributed by atoms with Crippen molar-refractivity contribution >= 4 is 11.9 Å². The van der Waals surface area contributed by atoms with E-state index in [0.29, 0.717) is 18.4 Å². The lowest BCUT2D eigenvalue weighted by Gasteiger charge is -2.27. The summed E-state index contributed by atoms with van der Waals surface area (Å²) in [5.74, 6) is 0.644. The normalized spacial score (nSPS) is 27.7. The number of carbonyl (C=O) groups is 2. The summed E-state index contributed by atoms with van der Waals surface area (Å²) in [6.45, 7) is 8.47.